The maximum Gasteiger partial charge on any atom is 0.0504 e. The summed E-state index contributed by atoms with van der Waals surface area (Å²) in [7, 11) is 2.04. The van der Waals surface area contributed by atoms with Crippen LogP contribution in [0.25, 0.3) is 16.5 Å². The molecule has 0 unspecified atom stereocenters. The molecule has 1 aliphatic heterocycles. The number of nitrogens with one attached hydrogen (secondary N) is 1. The molecule has 2 heterocycles. The van der Waals surface area contributed by atoms with Gasteiger partial charge in [0.25, 0.3) is 0 Å². The molecule has 0 bridgehead atoms. The van der Waals surface area contributed by atoms with Crippen molar-refractivity contribution in [3.63, 3.8) is 0 Å². The van der Waals surface area contributed by atoms with Crippen LogP contribution in [-0.4, -0.2) is 29.1 Å². The number of hydrogen-bond acceptors (Lipinski definition) is 3. The zero-order chi connectivity index (χ0) is 15.7. The molecule has 0 radical (unpaired) electrons. The standard InChI is InChI=1S/C18H24N3O/c1-13(2)11-21-8-6-14(7-9-21)17-12-20(3)18-10-15(19-22)4-5-16(17)18/h4-6,10,12-13,19H,7-9,11H2,1-3H3/q-1. The monoisotopic (exact) mass is 298 g/mol. The van der Waals surface area contributed by atoms with Gasteiger partial charge in [-0.3, -0.25) is 4.90 Å². The molecule has 1 aromatic heterocycles. The average molecular weight is 298 g/mol. The summed E-state index contributed by atoms with van der Waals surface area (Å²) in [6, 6.07) is 5.82. The van der Waals surface area contributed by atoms with Crippen LogP contribution in [0.5, 0.6) is 0 Å². The van der Waals surface area contributed by atoms with E-state index in [1.165, 1.54) is 16.5 Å². The van der Waals surface area contributed by atoms with E-state index in [-0.39, 0.29) is 0 Å². The molecule has 3 rings (SSSR count). The van der Waals surface area contributed by atoms with Gasteiger partial charge in [-0.25, -0.2) is 0 Å². The molecule has 0 fully saturated rings. The molecule has 0 spiro atoms. The van der Waals surface area contributed by atoms with Crippen LogP contribution in [0.1, 0.15) is 25.8 Å². The lowest BCUT2D eigenvalue weighted by Gasteiger charge is -2.27. The lowest BCUT2D eigenvalue weighted by atomic mass is 9.98. The largest absolute Gasteiger partial charge is 0.761 e. The maximum atomic E-state index is 10.8. The van der Waals surface area contributed by atoms with Crippen molar-refractivity contribution in [3.8, 4) is 0 Å². The second kappa shape index (κ2) is 6.15. The van der Waals surface area contributed by atoms with Crippen molar-refractivity contribution in [2.45, 2.75) is 20.3 Å². The van der Waals surface area contributed by atoms with Crippen molar-refractivity contribution in [3.05, 3.63) is 41.2 Å². The topological polar surface area (TPSA) is 43.3 Å². The van der Waals surface area contributed by atoms with Gasteiger partial charge in [-0.15, -0.1) is 0 Å². The SMILES string of the molecule is CC(C)CN1CC=C(c2cn(C)c3cc(N[O-])ccc23)CC1. The lowest BCUT2D eigenvalue weighted by molar-refractivity contribution is 0.268. The molecule has 22 heavy (non-hydrogen) atoms. The fourth-order valence-corrected chi connectivity index (χ4v) is 3.34. The zero-order valence-electron chi connectivity index (χ0n) is 13.6. The van der Waals surface area contributed by atoms with Gasteiger partial charge >= 0.3 is 0 Å². The van der Waals surface area contributed by atoms with Crippen LogP contribution >= 0.6 is 0 Å². The second-order valence-electron chi connectivity index (χ2n) is 6.62. The molecule has 0 aliphatic carbocycles. The molecule has 4 nitrogen and oxygen atoms in total. The first-order valence-electron chi connectivity index (χ1n) is 7.97. The van der Waals surface area contributed by atoms with Crippen LogP contribution in [0.2, 0.25) is 0 Å². The van der Waals surface area contributed by atoms with E-state index < -0.39 is 0 Å². The van der Waals surface area contributed by atoms with Gasteiger partial charge in [0.1, 0.15) is 0 Å². The zero-order valence-corrected chi connectivity index (χ0v) is 13.6. The van der Waals surface area contributed by atoms with E-state index in [1.54, 1.807) is 0 Å². The predicted octanol–water partition coefficient (Wildman–Crippen LogP) is 3.83. The summed E-state index contributed by atoms with van der Waals surface area (Å²) >= 11 is 0. The summed E-state index contributed by atoms with van der Waals surface area (Å²) in [5.41, 5.74) is 6.41. The molecular weight excluding hydrogens is 274 g/mol. The number of nitrogens with zero attached hydrogens (tertiary/aromatic N) is 2. The van der Waals surface area contributed by atoms with E-state index in [4.69, 9.17) is 0 Å². The highest BCUT2D eigenvalue weighted by atomic mass is 16.5. The van der Waals surface area contributed by atoms with Gasteiger partial charge < -0.3 is 15.3 Å². The Morgan fingerprint density at radius 3 is 2.77 bits per heavy atom. The van der Waals surface area contributed by atoms with Crippen molar-refractivity contribution < 1.29 is 0 Å². The van der Waals surface area contributed by atoms with Gasteiger partial charge in [0.05, 0.1) is 5.52 Å². The Bertz CT molecular complexity index is 700. The third-order valence-electron chi connectivity index (χ3n) is 4.37. The number of fused-ring (bicyclic) bond motifs is 1. The van der Waals surface area contributed by atoms with E-state index in [9.17, 15) is 5.21 Å². The van der Waals surface area contributed by atoms with E-state index in [0.717, 1.165) is 31.6 Å². The van der Waals surface area contributed by atoms with Crippen molar-refractivity contribution in [1.82, 2.24) is 9.47 Å². The minimum Gasteiger partial charge on any atom is -0.761 e. The highest BCUT2D eigenvalue weighted by molar-refractivity contribution is 5.95. The molecule has 1 N–H and O–H groups in total. The molecule has 0 atom stereocenters. The Morgan fingerprint density at radius 2 is 2.14 bits per heavy atom. The lowest BCUT2D eigenvalue weighted by Crippen LogP contribution is -2.31. The summed E-state index contributed by atoms with van der Waals surface area (Å²) < 4.78 is 2.10. The maximum absolute atomic E-state index is 10.8. The molecule has 0 saturated heterocycles. The summed E-state index contributed by atoms with van der Waals surface area (Å²) in [6.45, 7) is 7.86. The fraction of sp³-hybridized carbons (Fsp3) is 0.444. The number of rotatable bonds is 4. The van der Waals surface area contributed by atoms with Crippen molar-refractivity contribution >= 4 is 22.2 Å². The average Bonchev–Trinajstić information content (AvgIpc) is 2.84. The van der Waals surface area contributed by atoms with Crippen molar-refractivity contribution in [2.75, 3.05) is 25.1 Å². The Hall–Kier alpha value is -1.78. The molecular formula is C18H24N3O-. The third kappa shape index (κ3) is 2.89. The second-order valence-corrected chi connectivity index (χ2v) is 6.62. The molecule has 2 aromatic rings. The Balaban J connectivity index is 1.90. The smallest absolute Gasteiger partial charge is 0.0504 e. The van der Waals surface area contributed by atoms with Gasteiger partial charge in [-0.2, -0.15) is 0 Å². The van der Waals surface area contributed by atoms with Crippen LogP contribution in [-0.2, 0) is 7.05 Å². The first-order chi connectivity index (χ1) is 10.6. The van der Waals surface area contributed by atoms with Gasteiger partial charge in [0.2, 0.25) is 0 Å². The van der Waals surface area contributed by atoms with Crippen LogP contribution < -0.4 is 5.48 Å². The van der Waals surface area contributed by atoms with E-state index in [1.807, 2.05) is 30.7 Å². The fourth-order valence-electron chi connectivity index (χ4n) is 3.34. The predicted molar refractivity (Wildman–Crippen MR) is 93.8 cm³/mol. The Labute approximate surface area is 132 Å². The van der Waals surface area contributed by atoms with Gasteiger partial charge in [0.15, 0.2) is 0 Å². The van der Waals surface area contributed by atoms with Gasteiger partial charge in [0, 0.05) is 49.5 Å². The van der Waals surface area contributed by atoms with Crippen molar-refractivity contribution in [1.29, 1.82) is 0 Å². The Morgan fingerprint density at radius 1 is 1.32 bits per heavy atom. The first-order valence-corrected chi connectivity index (χ1v) is 7.97. The van der Waals surface area contributed by atoms with Crippen molar-refractivity contribution in [2.24, 2.45) is 13.0 Å². The number of benzene rings is 1. The highest BCUT2D eigenvalue weighted by Gasteiger charge is 2.17. The molecule has 4 heteroatoms. The van der Waals surface area contributed by atoms with Crippen LogP contribution in [0.15, 0.2) is 30.5 Å². The van der Waals surface area contributed by atoms with E-state index in [2.05, 4.69) is 35.6 Å². The van der Waals surface area contributed by atoms with E-state index >= 15 is 0 Å². The van der Waals surface area contributed by atoms with Crippen LogP contribution in [0, 0.1) is 11.1 Å². The quantitative estimate of drug-likeness (QED) is 0.872. The van der Waals surface area contributed by atoms with Gasteiger partial charge in [-0.05, 0) is 30.0 Å². The Kier molecular flexibility index (Phi) is 4.23. The highest BCUT2D eigenvalue weighted by Crippen LogP contribution is 2.32. The molecule has 0 amide bonds. The first kappa shape index (κ1) is 15.1. The molecule has 118 valence electrons. The molecule has 1 aromatic carbocycles. The van der Waals surface area contributed by atoms with Gasteiger partial charge in [-0.1, -0.05) is 26.0 Å². The van der Waals surface area contributed by atoms with Crippen LogP contribution in [0.3, 0.4) is 0 Å². The number of aryl methyl sites for hydroxylation is 1. The summed E-state index contributed by atoms with van der Waals surface area (Å²) in [4.78, 5) is 2.51. The normalized spacial score (nSPS) is 16.3. The van der Waals surface area contributed by atoms with Crippen LogP contribution in [0.4, 0.5) is 5.69 Å². The molecule has 1 aliphatic rings. The molecule has 0 saturated carbocycles. The minimum absolute atomic E-state index is 0.612. The van der Waals surface area contributed by atoms with E-state index in [0.29, 0.717) is 11.6 Å². The minimum atomic E-state index is 0.612. The summed E-state index contributed by atoms with van der Waals surface area (Å²) in [6.07, 6.45) is 5.64. The number of anilines is 1. The third-order valence-corrected chi connectivity index (χ3v) is 4.37. The summed E-state index contributed by atoms with van der Waals surface area (Å²) in [5, 5.41) is 12.1. The number of hydrogen-bond donors (Lipinski definition) is 1. The number of aromatic nitrogens is 1. The summed E-state index contributed by atoms with van der Waals surface area (Å²) in [5.74, 6) is 0.713.